The Morgan fingerprint density at radius 3 is 2.73 bits per heavy atom. The number of hydrogen-bond acceptors (Lipinski definition) is 5. The van der Waals surface area contributed by atoms with E-state index in [0.717, 1.165) is 58.8 Å². The molecule has 0 bridgehead atoms. The summed E-state index contributed by atoms with van der Waals surface area (Å²) in [6.45, 7) is 6.95. The summed E-state index contributed by atoms with van der Waals surface area (Å²) < 4.78 is 5.27. The molecule has 126 valence electrons. The molecule has 2 rings (SSSR count). The topological polar surface area (TPSA) is 82.7 Å². The fourth-order valence-corrected chi connectivity index (χ4v) is 2.80. The van der Waals surface area contributed by atoms with Crippen LogP contribution in [0.5, 0.6) is 0 Å². The number of amides is 2. The van der Waals surface area contributed by atoms with Crippen LogP contribution in [-0.2, 0) is 14.3 Å². The molecule has 22 heavy (non-hydrogen) atoms. The van der Waals surface area contributed by atoms with E-state index in [2.05, 4.69) is 20.9 Å². The third kappa shape index (κ3) is 6.72. The molecule has 0 aromatic heterocycles. The lowest BCUT2D eigenvalue weighted by Gasteiger charge is -2.26. The summed E-state index contributed by atoms with van der Waals surface area (Å²) in [5.41, 5.74) is 0. The number of carbonyl (C=O) groups is 2. The first-order chi connectivity index (χ1) is 10.7. The summed E-state index contributed by atoms with van der Waals surface area (Å²) in [5.74, 6) is 0.451. The monoisotopic (exact) mass is 312 g/mol. The zero-order valence-corrected chi connectivity index (χ0v) is 13.2. The summed E-state index contributed by atoms with van der Waals surface area (Å²) in [5, 5.41) is 8.82. The van der Waals surface area contributed by atoms with E-state index in [1.54, 1.807) is 0 Å². The van der Waals surface area contributed by atoms with Crippen molar-refractivity contribution in [3.05, 3.63) is 0 Å². The molecule has 1 unspecified atom stereocenters. The molecule has 0 saturated carbocycles. The summed E-state index contributed by atoms with van der Waals surface area (Å²) in [4.78, 5) is 25.6. The fraction of sp³-hybridized carbons (Fsp3) is 0.867. The third-order valence-electron chi connectivity index (χ3n) is 4.24. The van der Waals surface area contributed by atoms with E-state index >= 15 is 0 Å². The molecule has 2 amide bonds. The molecular weight excluding hydrogens is 284 g/mol. The van der Waals surface area contributed by atoms with E-state index < -0.39 is 0 Å². The first kappa shape index (κ1) is 17.2. The quantitative estimate of drug-likeness (QED) is 0.532. The van der Waals surface area contributed by atoms with Gasteiger partial charge in [0, 0.05) is 32.6 Å². The first-order valence-corrected chi connectivity index (χ1v) is 8.28. The van der Waals surface area contributed by atoms with Gasteiger partial charge in [0.25, 0.3) is 0 Å². The lowest BCUT2D eigenvalue weighted by Crippen LogP contribution is -2.43. The van der Waals surface area contributed by atoms with E-state index in [4.69, 9.17) is 4.74 Å². The highest BCUT2D eigenvalue weighted by atomic mass is 16.5. The maximum Gasteiger partial charge on any atom is 0.239 e. The molecule has 0 aromatic carbocycles. The van der Waals surface area contributed by atoms with Crippen LogP contribution in [0.4, 0.5) is 0 Å². The second-order valence-electron chi connectivity index (χ2n) is 5.98. The van der Waals surface area contributed by atoms with Crippen LogP contribution in [0.2, 0.25) is 0 Å². The molecule has 2 saturated heterocycles. The van der Waals surface area contributed by atoms with Crippen molar-refractivity contribution in [3.63, 3.8) is 0 Å². The molecule has 2 fully saturated rings. The summed E-state index contributed by atoms with van der Waals surface area (Å²) >= 11 is 0. The Labute approximate surface area is 132 Å². The van der Waals surface area contributed by atoms with Crippen LogP contribution < -0.4 is 16.0 Å². The minimum Gasteiger partial charge on any atom is -0.379 e. The van der Waals surface area contributed by atoms with E-state index in [1.807, 2.05) is 0 Å². The normalized spacial score (nSPS) is 22.5. The van der Waals surface area contributed by atoms with E-state index in [9.17, 15) is 9.59 Å². The Hall–Kier alpha value is -1.18. The average molecular weight is 312 g/mol. The van der Waals surface area contributed by atoms with Crippen LogP contribution in [-0.4, -0.2) is 75.7 Å². The van der Waals surface area contributed by atoms with Crippen LogP contribution in [0.15, 0.2) is 0 Å². The van der Waals surface area contributed by atoms with Crippen LogP contribution in [0, 0.1) is 5.92 Å². The standard InChI is InChI=1S/C15H28N4O3/c20-14(2-1-13-3-4-16-11-13)18-12-15(21)17-5-6-19-7-9-22-10-8-19/h13,16H,1-12H2,(H,17,21)(H,18,20). The zero-order chi connectivity index (χ0) is 15.6. The molecule has 2 aliphatic heterocycles. The van der Waals surface area contributed by atoms with Gasteiger partial charge in [-0.3, -0.25) is 14.5 Å². The summed E-state index contributed by atoms with van der Waals surface area (Å²) in [7, 11) is 0. The zero-order valence-electron chi connectivity index (χ0n) is 13.2. The maximum atomic E-state index is 11.7. The minimum absolute atomic E-state index is 0.0322. The van der Waals surface area contributed by atoms with Crippen LogP contribution in [0.3, 0.4) is 0 Å². The van der Waals surface area contributed by atoms with Gasteiger partial charge in [-0.15, -0.1) is 0 Å². The minimum atomic E-state index is -0.121. The first-order valence-electron chi connectivity index (χ1n) is 8.28. The van der Waals surface area contributed by atoms with Crippen molar-refractivity contribution in [1.82, 2.24) is 20.9 Å². The highest BCUT2D eigenvalue weighted by Crippen LogP contribution is 2.13. The third-order valence-corrected chi connectivity index (χ3v) is 4.24. The number of ether oxygens (including phenoxy) is 1. The van der Waals surface area contributed by atoms with E-state index in [-0.39, 0.29) is 18.4 Å². The van der Waals surface area contributed by atoms with Crippen LogP contribution >= 0.6 is 0 Å². The molecule has 0 radical (unpaired) electrons. The van der Waals surface area contributed by atoms with Gasteiger partial charge >= 0.3 is 0 Å². The van der Waals surface area contributed by atoms with E-state index in [1.165, 1.54) is 0 Å². The van der Waals surface area contributed by atoms with E-state index in [0.29, 0.717) is 18.9 Å². The molecule has 1 atom stereocenters. The number of morpholine rings is 1. The Morgan fingerprint density at radius 2 is 2.00 bits per heavy atom. The smallest absolute Gasteiger partial charge is 0.239 e. The molecule has 0 spiro atoms. The predicted molar refractivity (Wildman–Crippen MR) is 83.5 cm³/mol. The van der Waals surface area contributed by atoms with Crippen molar-refractivity contribution in [2.75, 3.05) is 59.0 Å². The second-order valence-corrected chi connectivity index (χ2v) is 5.98. The van der Waals surface area contributed by atoms with Crippen molar-refractivity contribution in [2.24, 2.45) is 5.92 Å². The van der Waals surface area contributed by atoms with Gasteiger partial charge in [0.2, 0.25) is 11.8 Å². The van der Waals surface area contributed by atoms with Crippen molar-refractivity contribution >= 4 is 11.8 Å². The summed E-state index contributed by atoms with van der Waals surface area (Å²) in [6, 6.07) is 0. The highest BCUT2D eigenvalue weighted by molar-refractivity contribution is 5.84. The second kappa shape index (κ2) is 9.76. The van der Waals surface area contributed by atoms with Gasteiger partial charge in [-0.2, -0.15) is 0 Å². The lowest BCUT2D eigenvalue weighted by molar-refractivity contribution is -0.126. The molecule has 2 aliphatic rings. The molecule has 2 heterocycles. The van der Waals surface area contributed by atoms with Gasteiger partial charge in [0.05, 0.1) is 19.8 Å². The van der Waals surface area contributed by atoms with Crippen molar-refractivity contribution in [2.45, 2.75) is 19.3 Å². The maximum absolute atomic E-state index is 11.7. The Bertz CT molecular complexity index is 353. The predicted octanol–water partition coefficient (Wildman–Crippen LogP) is -1.06. The molecule has 3 N–H and O–H groups in total. The van der Waals surface area contributed by atoms with Gasteiger partial charge in [-0.05, 0) is 31.8 Å². The van der Waals surface area contributed by atoms with Crippen LogP contribution in [0.25, 0.3) is 0 Å². The number of rotatable bonds is 8. The lowest BCUT2D eigenvalue weighted by atomic mass is 10.0. The molecule has 0 aromatic rings. The van der Waals surface area contributed by atoms with Gasteiger partial charge < -0.3 is 20.7 Å². The number of hydrogen-bond donors (Lipinski definition) is 3. The van der Waals surface area contributed by atoms with Crippen molar-refractivity contribution in [1.29, 1.82) is 0 Å². The van der Waals surface area contributed by atoms with Gasteiger partial charge in [-0.1, -0.05) is 0 Å². The van der Waals surface area contributed by atoms with Crippen molar-refractivity contribution < 1.29 is 14.3 Å². The Morgan fingerprint density at radius 1 is 1.18 bits per heavy atom. The fourth-order valence-electron chi connectivity index (χ4n) is 2.80. The molecular formula is C15H28N4O3. The number of nitrogens with zero attached hydrogens (tertiary/aromatic N) is 1. The highest BCUT2D eigenvalue weighted by Gasteiger charge is 2.16. The van der Waals surface area contributed by atoms with Gasteiger partial charge in [0.15, 0.2) is 0 Å². The SMILES string of the molecule is O=C(CCC1CCNC1)NCC(=O)NCCN1CCOCC1. The van der Waals surface area contributed by atoms with Gasteiger partial charge in [0.1, 0.15) is 0 Å². The summed E-state index contributed by atoms with van der Waals surface area (Å²) in [6.07, 6.45) is 2.56. The van der Waals surface area contributed by atoms with Gasteiger partial charge in [-0.25, -0.2) is 0 Å². The Balaban J connectivity index is 1.46. The number of carbonyl (C=O) groups excluding carboxylic acids is 2. The largest absolute Gasteiger partial charge is 0.379 e. The number of nitrogens with one attached hydrogen (secondary N) is 3. The average Bonchev–Trinajstić information content (AvgIpc) is 3.05. The molecule has 7 nitrogen and oxygen atoms in total. The van der Waals surface area contributed by atoms with Crippen molar-refractivity contribution in [3.8, 4) is 0 Å². The van der Waals surface area contributed by atoms with Crippen LogP contribution in [0.1, 0.15) is 19.3 Å². The Kier molecular flexibility index (Phi) is 7.62. The molecule has 0 aliphatic carbocycles. The molecule has 7 heteroatoms.